The van der Waals surface area contributed by atoms with E-state index in [1.165, 1.54) is 4.90 Å². The SMILES string of the molecule is CC(C)(C)OC(=O)N(CC(=O)O)Cc1ccc(-c2ccc(-c3cccc4c3oc3ccccc34)cc2)cc1. The number of hydrogen-bond acceptors (Lipinski definition) is 4. The molecule has 1 amide bonds. The molecule has 5 rings (SSSR count). The van der Waals surface area contributed by atoms with Crippen molar-refractivity contribution < 1.29 is 23.8 Å². The zero-order chi connectivity index (χ0) is 26.9. The lowest BCUT2D eigenvalue weighted by Crippen LogP contribution is -2.39. The fraction of sp³-hybridized carbons (Fsp3) is 0.188. The minimum absolute atomic E-state index is 0.141. The van der Waals surface area contributed by atoms with Gasteiger partial charge in [-0.3, -0.25) is 9.69 Å². The third-order valence-corrected chi connectivity index (χ3v) is 6.24. The van der Waals surface area contributed by atoms with E-state index in [-0.39, 0.29) is 6.54 Å². The first kappa shape index (κ1) is 25.1. The summed E-state index contributed by atoms with van der Waals surface area (Å²) in [5, 5.41) is 11.5. The molecular weight excluding hydrogens is 478 g/mol. The van der Waals surface area contributed by atoms with Gasteiger partial charge in [0.15, 0.2) is 0 Å². The lowest BCUT2D eigenvalue weighted by atomic mass is 9.98. The van der Waals surface area contributed by atoms with Crippen molar-refractivity contribution in [2.75, 3.05) is 6.54 Å². The molecule has 38 heavy (non-hydrogen) atoms. The van der Waals surface area contributed by atoms with Crippen LogP contribution in [0.5, 0.6) is 0 Å². The molecule has 0 saturated carbocycles. The number of fused-ring (bicyclic) bond motifs is 3. The predicted octanol–water partition coefficient (Wildman–Crippen LogP) is 7.74. The highest BCUT2D eigenvalue weighted by Crippen LogP contribution is 2.36. The van der Waals surface area contributed by atoms with Gasteiger partial charge in [0.2, 0.25) is 0 Å². The molecule has 0 saturated heterocycles. The third kappa shape index (κ3) is 5.39. The average molecular weight is 508 g/mol. The topological polar surface area (TPSA) is 80.0 Å². The van der Waals surface area contributed by atoms with E-state index in [0.29, 0.717) is 0 Å². The van der Waals surface area contributed by atoms with Crippen molar-refractivity contribution >= 4 is 34.0 Å². The molecule has 0 aliphatic rings. The molecule has 6 nitrogen and oxygen atoms in total. The van der Waals surface area contributed by atoms with Gasteiger partial charge in [-0.25, -0.2) is 4.79 Å². The van der Waals surface area contributed by atoms with Crippen molar-refractivity contribution in [2.45, 2.75) is 32.9 Å². The van der Waals surface area contributed by atoms with Crippen LogP contribution in [0.3, 0.4) is 0 Å². The van der Waals surface area contributed by atoms with Crippen LogP contribution in [0.15, 0.2) is 95.4 Å². The Kier molecular flexibility index (Phi) is 6.64. The largest absolute Gasteiger partial charge is 0.480 e. The predicted molar refractivity (Wildman–Crippen MR) is 149 cm³/mol. The summed E-state index contributed by atoms with van der Waals surface area (Å²) in [6.07, 6.45) is -0.654. The van der Waals surface area contributed by atoms with Gasteiger partial charge in [0.1, 0.15) is 23.3 Å². The van der Waals surface area contributed by atoms with Crippen molar-refractivity contribution in [2.24, 2.45) is 0 Å². The molecule has 4 aromatic carbocycles. The lowest BCUT2D eigenvalue weighted by Gasteiger charge is -2.26. The van der Waals surface area contributed by atoms with E-state index >= 15 is 0 Å². The molecule has 0 radical (unpaired) electrons. The van der Waals surface area contributed by atoms with Crippen molar-refractivity contribution in [3.8, 4) is 22.3 Å². The van der Waals surface area contributed by atoms with E-state index in [1.54, 1.807) is 20.8 Å². The molecule has 0 aliphatic heterocycles. The number of carboxylic acid groups (broad SMARTS) is 1. The van der Waals surface area contributed by atoms with Crippen LogP contribution in [0.1, 0.15) is 26.3 Å². The molecule has 0 bridgehead atoms. The fourth-order valence-electron chi connectivity index (χ4n) is 4.51. The quantitative estimate of drug-likeness (QED) is 0.254. The number of hydrogen-bond donors (Lipinski definition) is 1. The van der Waals surface area contributed by atoms with E-state index in [1.807, 2.05) is 42.5 Å². The van der Waals surface area contributed by atoms with Gasteiger partial charge in [-0.1, -0.05) is 84.9 Å². The van der Waals surface area contributed by atoms with E-state index in [2.05, 4.69) is 48.5 Å². The summed E-state index contributed by atoms with van der Waals surface area (Å²) in [7, 11) is 0. The van der Waals surface area contributed by atoms with Gasteiger partial charge in [-0.2, -0.15) is 0 Å². The molecule has 0 unspecified atom stereocenters. The first-order valence-electron chi connectivity index (χ1n) is 12.5. The van der Waals surface area contributed by atoms with Crippen LogP contribution in [0.25, 0.3) is 44.2 Å². The van der Waals surface area contributed by atoms with Crippen LogP contribution in [0, 0.1) is 0 Å². The molecule has 1 N–H and O–H groups in total. The van der Waals surface area contributed by atoms with Gasteiger partial charge in [0, 0.05) is 22.9 Å². The van der Waals surface area contributed by atoms with E-state index < -0.39 is 24.2 Å². The molecule has 192 valence electrons. The molecule has 0 atom stereocenters. The molecular formula is C32H29NO5. The number of carbonyl (C=O) groups is 2. The molecule has 0 aliphatic carbocycles. The first-order chi connectivity index (χ1) is 18.2. The lowest BCUT2D eigenvalue weighted by molar-refractivity contribution is -0.138. The molecule has 6 heteroatoms. The Morgan fingerprint density at radius 2 is 1.39 bits per heavy atom. The molecule has 1 aromatic heterocycles. The molecule has 0 fully saturated rings. The van der Waals surface area contributed by atoms with Gasteiger partial charge in [0.25, 0.3) is 0 Å². The highest BCUT2D eigenvalue weighted by molar-refractivity contribution is 6.09. The summed E-state index contributed by atoms with van der Waals surface area (Å²) in [4.78, 5) is 25.0. The smallest absolute Gasteiger partial charge is 0.411 e. The monoisotopic (exact) mass is 507 g/mol. The molecule has 5 aromatic rings. The van der Waals surface area contributed by atoms with Crippen LogP contribution < -0.4 is 0 Å². The summed E-state index contributed by atoms with van der Waals surface area (Å²) in [6.45, 7) is 4.96. The normalized spacial score (nSPS) is 11.6. The second-order valence-electron chi connectivity index (χ2n) is 10.3. The number of furan rings is 1. The van der Waals surface area contributed by atoms with Gasteiger partial charge < -0.3 is 14.3 Å². The minimum Gasteiger partial charge on any atom is -0.480 e. The Labute approximate surface area is 221 Å². The maximum absolute atomic E-state index is 12.5. The Morgan fingerprint density at radius 3 is 2.05 bits per heavy atom. The Balaban J connectivity index is 1.35. The van der Waals surface area contributed by atoms with Gasteiger partial charge >= 0.3 is 12.1 Å². The number of ether oxygens (including phenoxy) is 1. The standard InChI is InChI=1S/C32H29NO5/c1-32(2,3)38-31(36)33(20-29(34)35)19-21-11-13-22(14-12-21)23-15-17-24(18-16-23)25-8-6-9-27-26-7-4-5-10-28(26)37-30(25)27/h4-18H,19-20H2,1-3H3,(H,34,35). The number of carboxylic acids is 1. The number of carbonyl (C=O) groups excluding carboxylic acids is 1. The molecule has 0 spiro atoms. The van der Waals surface area contributed by atoms with Crippen molar-refractivity contribution in [1.82, 2.24) is 4.90 Å². The van der Waals surface area contributed by atoms with Crippen molar-refractivity contribution in [3.05, 3.63) is 96.6 Å². The fourth-order valence-corrected chi connectivity index (χ4v) is 4.51. The van der Waals surface area contributed by atoms with Gasteiger partial charge in [0.05, 0.1) is 0 Å². The van der Waals surface area contributed by atoms with Crippen molar-refractivity contribution in [3.63, 3.8) is 0 Å². The number of amides is 1. The third-order valence-electron chi connectivity index (χ3n) is 6.24. The zero-order valence-corrected chi connectivity index (χ0v) is 21.6. The maximum atomic E-state index is 12.5. The molecule has 1 heterocycles. The first-order valence-corrected chi connectivity index (χ1v) is 12.5. The van der Waals surface area contributed by atoms with Crippen LogP contribution in [-0.2, 0) is 16.1 Å². The van der Waals surface area contributed by atoms with Gasteiger partial charge in [-0.05, 0) is 49.1 Å². The summed E-state index contributed by atoms with van der Waals surface area (Å²) in [6, 6.07) is 30.3. The number of para-hydroxylation sites is 2. The van der Waals surface area contributed by atoms with E-state index in [9.17, 15) is 14.7 Å². The van der Waals surface area contributed by atoms with Gasteiger partial charge in [-0.15, -0.1) is 0 Å². The van der Waals surface area contributed by atoms with Crippen LogP contribution >= 0.6 is 0 Å². The summed E-state index contributed by atoms with van der Waals surface area (Å²) in [5.74, 6) is -1.09. The number of rotatable bonds is 6. The van der Waals surface area contributed by atoms with Crippen LogP contribution in [-0.4, -0.2) is 34.2 Å². The number of aliphatic carboxylic acids is 1. The zero-order valence-electron chi connectivity index (χ0n) is 21.6. The Morgan fingerprint density at radius 1 is 0.789 bits per heavy atom. The number of nitrogens with zero attached hydrogens (tertiary/aromatic N) is 1. The maximum Gasteiger partial charge on any atom is 0.411 e. The minimum atomic E-state index is -1.09. The number of benzene rings is 4. The van der Waals surface area contributed by atoms with E-state index in [0.717, 1.165) is 49.8 Å². The van der Waals surface area contributed by atoms with E-state index in [4.69, 9.17) is 9.15 Å². The highest BCUT2D eigenvalue weighted by atomic mass is 16.6. The summed E-state index contributed by atoms with van der Waals surface area (Å²) >= 11 is 0. The van der Waals surface area contributed by atoms with Crippen LogP contribution in [0.2, 0.25) is 0 Å². The average Bonchev–Trinajstić information content (AvgIpc) is 3.27. The second kappa shape index (κ2) is 10.1. The van der Waals surface area contributed by atoms with Crippen molar-refractivity contribution in [1.29, 1.82) is 0 Å². The summed E-state index contributed by atoms with van der Waals surface area (Å²) in [5.41, 5.74) is 6.03. The second-order valence-corrected chi connectivity index (χ2v) is 10.3. The Bertz CT molecular complexity index is 1610. The highest BCUT2D eigenvalue weighted by Gasteiger charge is 2.24. The Hall–Kier alpha value is -4.58. The summed E-state index contributed by atoms with van der Waals surface area (Å²) < 4.78 is 11.6. The van der Waals surface area contributed by atoms with Crippen LogP contribution in [0.4, 0.5) is 4.79 Å².